The van der Waals surface area contributed by atoms with Crippen LogP contribution in [0.25, 0.3) is 22.4 Å². The topological polar surface area (TPSA) is 86.8 Å². The van der Waals surface area contributed by atoms with Crippen LogP contribution in [0.5, 0.6) is 5.88 Å². The molecule has 0 aliphatic heterocycles. The maximum Gasteiger partial charge on any atom is 0.247 e. The number of anilines is 1. The monoisotopic (exact) mass is 321 g/mol. The Kier molecular flexibility index (Phi) is 3.68. The van der Waals surface area contributed by atoms with Crippen LogP contribution in [0.4, 0.5) is 19.1 Å². The number of aromatic nitrogens is 4. The molecular weight excluding hydrogens is 311 g/mol. The van der Waals surface area contributed by atoms with Crippen LogP contribution in [-0.2, 0) is 0 Å². The quantitative estimate of drug-likeness (QED) is 0.797. The molecule has 3 rings (SSSR count). The summed E-state index contributed by atoms with van der Waals surface area (Å²) in [6.07, 6.45) is 1.11. The van der Waals surface area contributed by atoms with Crippen LogP contribution in [0.3, 0.4) is 0 Å². The summed E-state index contributed by atoms with van der Waals surface area (Å²) in [6.45, 7) is 2.00. The van der Waals surface area contributed by atoms with Gasteiger partial charge in [-0.1, -0.05) is 0 Å². The van der Waals surface area contributed by atoms with Crippen molar-refractivity contribution in [1.82, 2.24) is 19.9 Å². The molecule has 0 saturated heterocycles. The van der Waals surface area contributed by atoms with Gasteiger partial charge in [-0.3, -0.25) is 0 Å². The van der Waals surface area contributed by atoms with Gasteiger partial charge in [-0.05, 0) is 6.92 Å². The van der Waals surface area contributed by atoms with Crippen LogP contribution in [0.1, 0.15) is 6.92 Å². The number of fused-ring (bicyclic) bond motifs is 1. The van der Waals surface area contributed by atoms with E-state index in [4.69, 9.17) is 10.5 Å². The first-order valence-electron chi connectivity index (χ1n) is 6.57. The predicted molar refractivity (Wildman–Crippen MR) is 76.0 cm³/mol. The van der Waals surface area contributed by atoms with Gasteiger partial charge in [-0.2, -0.15) is 9.97 Å². The Hall–Kier alpha value is -2.97. The minimum atomic E-state index is -1.09. The molecule has 1 aromatic carbocycles. The van der Waals surface area contributed by atoms with Gasteiger partial charge >= 0.3 is 0 Å². The Morgan fingerprint density at radius 2 is 1.78 bits per heavy atom. The van der Waals surface area contributed by atoms with Gasteiger partial charge in [-0.15, -0.1) is 0 Å². The van der Waals surface area contributed by atoms with Crippen molar-refractivity contribution >= 4 is 17.1 Å². The molecule has 0 atom stereocenters. The summed E-state index contributed by atoms with van der Waals surface area (Å²) in [7, 11) is 0. The maximum absolute atomic E-state index is 13.9. The highest BCUT2D eigenvalue weighted by atomic mass is 19.1. The van der Waals surface area contributed by atoms with Gasteiger partial charge in [0.25, 0.3) is 0 Å². The molecule has 3 aromatic rings. The van der Waals surface area contributed by atoms with Crippen LogP contribution >= 0.6 is 0 Å². The van der Waals surface area contributed by atoms with E-state index in [-0.39, 0.29) is 35.3 Å². The molecule has 0 aliphatic carbocycles. The van der Waals surface area contributed by atoms with Crippen molar-refractivity contribution in [2.45, 2.75) is 6.92 Å². The minimum Gasteiger partial charge on any atom is -0.476 e. The SMILES string of the molecule is CCOc1nc(N)nc2ncc(-c3c(F)cc(F)cc3F)nc12. The fourth-order valence-corrected chi connectivity index (χ4v) is 2.04. The van der Waals surface area contributed by atoms with E-state index >= 15 is 0 Å². The number of hydrogen-bond acceptors (Lipinski definition) is 6. The van der Waals surface area contributed by atoms with E-state index in [1.165, 1.54) is 0 Å². The van der Waals surface area contributed by atoms with E-state index < -0.39 is 23.0 Å². The van der Waals surface area contributed by atoms with Gasteiger partial charge in [0.2, 0.25) is 11.8 Å². The van der Waals surface area contributed by atoms with Gasteiger partial charge in [0.15, 0.2) is 11.2 Å². The number of halogens is 3. The van der Waals surface area contributed by atoms with Crippen molar-refractivity contribution in [3.63, 3.8) is 0 Å². The second kappa shape index (κ2) is 5.67. The van der Waals surface area contributed by atoms with Crippen molar-refractivity contribution in [3.05, 3.63) is 35.8 Å². The molecule has 0 bridgehead atoms. The van der Waals surface area contributed by atoms with Crippen molar-refractivity contribution in [2.75, 3.05) is 12.3 Å². The lowest BCUT2D eigenvalue weighted by molar-refractivity contribution is 0.330. The van der Waals surface area contributed by atoms with Crippen molar-refractivity contribution in [2.24, 2.45) is 0 Å². The third-order valence-electron chi connectivity index (χ3n) is 2.94. The summed E-state index contributed by atoms with van der Waals surface area (Å²) in [5, 5.41) is 0. The van der Waals surface area contributed by atoms with Crippen molar-refractivity contribution in [1.29, 1.82) is 0 Å². The standard InChI is InChI=1S/C14H10F3N5O/c1-2-23-13-11-12(21-14(18)22-13)19-5-9(20-11)10-7(16)3-6(15)4-8(10)17/h3-5H,2H2,1H3,(H2,18,19,21,22). The molecule has 0 spiro atoms. The largest absolute Gasteiger partial charge is 0.476 e. The Morgan fingerprint density at radius 3 is 2.43 bits per heavy atom. The van der Waals surface area contributed by atoms with Crippen molar-refractivity contribution in [3.8, 4) is 17.1 Å². The van der Waals surface area contributed by atoms with E-state index in [0.717, 1.165) is 6.20 Å². The fraction of sp³-hybridized carbons (Fsp3) is 0.143. The van der Waals surface area contributed by atoms with Crippen LogP contribution in [0.15, 0.2) is 18.3 Å². The smallest absolute Gasteiger partial charge is 0.247 e. The summed E-state index contributed by atoms with van der Waals surface area (Å²) in [5.74, 6) is -3.23. The van der Waals surface area contributed by atoms with Gasteiger partial charge in [0.1, 0.15) is 17.5 Å². The predicted octanol–water partition coefficient (Wildman–Crippen LogP) is 2.49. The molecule has 2 heterocycles. The van der Waals surface area contributed by atoms with Gasteiger partial charge < -0.3 is 10.5 Å². The summed E-state index contributed by atoms with van der Waals surface area (Å²) >= 11 is 0. The zero-order valence-corrected chi connectivity index (χ0v) is 11.8. The van der Waals surface area contributed by atoms with Gasteiger partial charge in [0.05, 0.1) is 24.1 Å². The van der Waals surface area contributed by atoms with Gasteiger partial charge in [-0.25, -0.2) is 23.1 Å². The number of benzene rings is 1. The number of nitrogens with two attached hydrogens (primary N) is 1. The Bertz CT molecular complexity index is 880. The number of nitrogens with zero attached hydrogens (tertiary/aromatic N) is 4. The molecule has 0 unspecified atom stereocenters. The highest BCUT2D eigenvalue weighted by Gasteiger charge is 2.18. The lowest BCUT2D eigenvalue weighted by Crippen LogP contribution is -2.04. The molecule has 0 radical (unpaired) electrons. The molecule has 2 aromatic heterocycles. The van der Waals surface area contributed by atoms with E-state index in [9.17, 15) is 13.2 Å². The first-order chi connectivity index (χ1) is 11.0. The zero-order chi connectivity index (χ0) is 16.6. The van der Waals surface area contributed by atoms with Crippen LogP contribution in [0.2, 0.25) is 0 Å². The normalized spacial score (nSPS) is 11.0. The molecule has 0 aliphatic rings. The molecule has 2 N–H and O–H groups in total. The first-order valence-corrected chi connectivity index (χ1v) is 6.57. The lowest BCUT2D eigenvalue weighted by Gasteiger charge is -2.08. The Labute approximate surface area is 128 Å². The number of nitrogen functional groups attached to an aromatic ring is 1. The van der Waals surface area contributed by atoms with E-state index in [1.54, 1.807) is 6.92 Å². The average molecular weight is 321 g/mol. The Balaban J connectivity index is 2.24. The molecule has 0 fully saturated rings. The molecule has 118 valence electrons. The van der Waals surface area contributed by atoms with Crippen LogP contribution in [0, 0.1) is 17.5 Å². The van der Waals surface area contributed by atoms with Crippen molar-refractivity contribution < 1.29 is 17.9 Å². The summed E-state index contributed by atoms with van der Waals surface area (Å²) in [6, 6.07) is 1.13. The van der Waals surface area contributed by atoms with E-state index in [1.807, 2.05) is 0 Å². The van der Waals surface area contributed by atoms with Crippen LogP contribution in [-0.4, -0.2) is 26.5 Å². The fourth-order valence-electron chi connectivity index (χ4n) is 2.04. The first kappa shape index (κ1) is 14.9. The minimum absolute atomic E-state index is 0.0484. The number of ether oxygens (including phenoxy) is 1. The van der Waals surface area contributed by atoms with E-state index in [0.29, 0.717) is 12.1 Å². The second-order valence-electron chi connectivity index (χ2n) is 4.49. The van der Waals surface area contributed by atoms with Gasteiger partial charge in [0, 0.05) is 12.1 Å². The molecule has 0 amide bonds. The highest BCUT2D eigenvalue weighted by Crippen LogP contribution is 2.28. The molecular formula is C14H10F3N5O. The highest BCUT2D eigenvalue weighted by molar-refractivity contribution is 5.79. The second-order valence-corrected chi connectivity index (χ2v) is 4.49. The third-order valence-corrected chi connectivity index (χ3v) is 2.94. The summed E-state index contributed by atoms with van der Waals surface area (Å²) < 4.78 is 46.1. The molecule has 6 nitrogen and oxygen atoms in total. The zero-order valence-electron chi connectivity index (χ0n) is 11.8. The maximum atomic E-state index is 13.9. The third kappa shape index (κ3) is 2.72. The number of hydrogen-bond donors (Lipinski definition) is 1. The average Bonchev–Trinajstić information content (AvgIpc) is 2.47. The summed E-state index contributed by atoms with van der Waals surface area (Å²) in [5.41, 5.74) is 5.12. The lowest BCUT2D eigenvalue weighted by atomic mass is 10.1. The summed E-state index contributed by atoms with van der Waals surface area (Å²) in [4.78, 5) is 15.8. The molecule has 23 heavy (non-hydrogen) atoms. The molecule has 9 heteroatoms. The Morgan fingerprint density at radius 1 is 1.09 bits per heavy atom. The van der Waals surface area contributed by atoms with E-state index in [2.05, 4.69) is 19.9 Å². The number of rotatable bonds is 3. The molecule has 0 saturated carbocycles. The van der Waals surface area contributed by atoms with Crippen LogP contribution < -0.4 is 10.5 Å².